The molecule has 0 aliphatic carbocycles. The van der Waals surface area contributed by atoms with Crippen molar-refractivity contribution in [3.05, 3.63) is 29.8 Å². The van der Waals surface area contributed by atoms with Crippen LogP contribution in [0.2, 0.25) is 0 Å². The van der Waals surface area contributed by atoms with Gasteiger partial charge in [0.25, 0.3) is 0 Å². The Morgan fingerprint density at radius 2 is 1.94 bits per heavy atom. The van der Waals surface area contributed by atoms with E-state index in [4.69, 9.17) is 11.0 Å². The molecule has 0 bridgehead atoms. The Hall–Kier alpha value is -1.42. The van der Waals surface area contributed by atoms with Gasteiger partial charge in [-0.15, -0.1) is 0 Å². The average molecular weight is 239 g/mol. The molecular formula is C10H13N3O2S. The molecule has 0 aliphatic heterocycles. The number of nitrogens with two attached hydrogens (primary N) is 1. The minimum absolute atomic E-state index is 0.169. The molecule has 0 fully saturated rings. The van der Waals surface area contributed by atoms with Crippen LogP contribution in [0.25, 0.3) is 0 Å². The van der Waals surface area contributed by atoms with Crippen LogP contribution in [0.5, 0.6) is 0 Å². The Morgan fingerprint density at radius 3 is 2.38 bits per heavy atom. The number of hydrogen-bond donors (Lipinski definition) is 1. The molecule has 0 amide bonds. The van der Waals surface area contributed by atoms with E-state index >= 15 is 0 Å². The monoisotopic (exact) mass is 239 g/mol. The summed E-state index contributed by atoms with van der Waals surface area (Å²) < 4.78 is 25.0. The molecule has 0 unspecified atom stereocenters. The van der Waals surface area contributed by atoms with Crippen molar-refractivity contribution in [2.24, 2.45) is 5.73 Å². The van der Waals surface area contributed by atoms with Gasteiger partial charge in [-0.2, -0.15) is 9.57 Å². The Balaban J connectivity index is 3.04. The largest absolute Gasteiger partial charge is 0.329 e. The van der Waals surface area contributed by atoms with Crippen LogP contribution in [0, 0.1) is 11.3 Å². The lowest BCUT2D eigenvalue weighted by molar-refractivity contribution is 0.476. The summed E-state index contributed by atoms with van der Waals surface area (Å²) in [6, 6.07) is 7.72. The Kier molecular flexibility index (Phi) is 4.01. The van der Waals surface area contributed by atoms with Crippen LogP contribution in [-0.4, -0.2) is 32.9 Å². The van der Waals surface area contributed by atoms with Gasteiger partial charge in [0.1, 0.15) is 0 Å². The fraction of sp³-hybridized carbons (Fsp3) is 0.300. The number of likely N-dealkylation sites (N-methyl/N-ethyl adjacent to an activating group) is 1. The number of sulfonamides is 1. The molecule has 0 heterocycles. The maximum atomic E-state index is 11.9. The van der Waals surface area contributed by atoms with Crippen LogP contribution >= 0.6 is 0 Å². The average Bonchev–Trinajstić information content (AvgIpc) is 2.29. The second-order valence-electron chi connectivity index (χ2n) is 3.25. The van der Waals surface area contributed by atoms with Crippen molar-refractivity contribution >= 4 is 10.0 Å². The summed E-state index contributed by atoms with van der Waals surface area (Å²) in [5, 5.41) is 8.60. The Labute approximate surface area is 95.1 Å². The van der Waals surface area contributed by atoms with Gasteiger partial charge in [0, 0.05) is 20.1 Å². The van der Waals surface area contributed by atoms with Gasteiger partial charge in [0.05, 0.1) is 16.5 Å². The zero-order chi connectivity index (χ0) is 12.2. The van der Waals surface area contributed by atoms with Gasteiger partial charge in [0.2, 0.25) is 10.0 Å². The zero-order valence-corrected chi connectivity index (χ0v) is 9.74. The van der Waals surface area contributed by atoms with E-state index < -0.39 is 10.0 Å². The van der Waals surface area contributed by atoms with E-state index in [2.05, 4.69) is 0 Å². The molecule has 86 valence electrons. The van der Waals surface area contributed by atoms with Crippen LogP contribution in [0.3, 0.4) is 0 Å². The molecule has 0 atom stereocenters. The summed E-state index contributed by atoms with van der Waals surface area (Å²) in [7, 11) is -2.01. The smallest absolute Gasteiger partial charge is 0.242 e. The van der Waals surface area contributed by atoms with Crippen LogP contribution in [0.15, 0.2) is 29.2 Å². The molecule has 16 heavy (non-hydrogen) atoms. The lowest BCUT2D eigenvalue weighted by Gasteiger charge is -2.15. The van der Waals surface area contributed by atoms with Crippen LogP contribution < -0.4 is 5.73 Å². The van der Waals surface area contributed by atoms with Gasteiger partial charge < -0.3 is 5.73 Å². The first-order valence-corrected chi connectivity index (χ1v) is 6.13. The molecule has 1 aromatic carbocycles. The van der Waals surface area contributed by atoms with Gasteiger partial charge in [-0.25, -0.2) is 8.42 Å². The predicted molar refractivity (Wildman–Crippen MR) is 60.0 cm³/mol. The maximum absolute atomic E-state index is 11.9. The van der Waals surface area contributed by atoms with E-state index in [1.807, 2.05) is 6.07 Å². The summed E-state index contributed by atoms with van der Waals surface area (Å²) >= 11 is 0. The van der Waals surface area contributed by atoms with Gasteiger partial charge in [-0.05, 0) is 24.3 Å². The van der Waals surface area contributed by atoms with Crippen molar-refractivity contribution < 1.29 is 8.42 Å². The van der Waals surface area contributed by atoms with Crippen LogP contribution in [-0.2, 0) is 10.0 Å². The summed E-state index contributed by atoms with van der Waals surface area (Å²) in [4.78, 5) is 0.169. The van der Waals surface area contributed by atoms with Crippen molar-refractivity contribution in [3.8, 4) is 6.07 Å². The highest BCUT2D eigenvalue weighted by atomic mass is 32.2. The molecule has 0 aromatic heterocycles. The second-order valence-corrected chi connectivity index (χ2v) is 5.30. The van der Waals surface area contributed by atoms with E-state index in [9.17, 15) is 8.42 Å². The van der Waals surface area contributed by atoms with E-state index in [1.165, 1.54) is 35.6 Å². The fourth-order valence-electron chi connectivity index (χ4n) is 1.18. The zero-order valence-electron chi connectivity index (χ0n) is 8.92. The SMILES string of the molecule is CN(CCN)S(=O)(=O)c1ccc(C#N)cc1. The molecule has 2 N–H and O–H groups in total. The first kappa shape index (κ1) is 12.6. The standard InChI is InChI=1S/C10H13N3O2S/c1-13(7-6-11)16(14,15)10-4-2-9(8-12)3-5-10/h2-5H,6-7,11H2,1H3. The third-order valence-electron chi connectivity index (χ3n) is 2.14. The molecular weight excluding hydrogens is 226 g/mol. The molecule has 0 aliphatic rings. The summed E-state index contributed by atoms with van der Waals surface area (Å²) in [6.45, 7) is 0.536. The summed E-state index contributed by atoms with van der Waals surface area (Å²) in [5.41, 5.74) is 5.73. The number of rotatable bonds is 4. The maximum Gasteiger partial charge on any atom is 0.242 e. The minimum Gasteiger partial charge on any atom is -0.329 e. The minimum atomic E-state index is -3.48. The lowest BCUT2D eigenvalue weighted by Crippen LogP contribution is -2.31. The Bertz CT molecular complexity index is 488. The summed E-state index contributed by atoms with van der Waals surface area (Å²) in [6.07, 6.45) is 0. The highest BCUT2D eigenvalue weighted by Crippen LogP contribution is 2.14. The predicted octanol–water partition coefficient (Wildman–Crippen LogP) is 0.137. The number of nitrogens with zero attached hydrogens (tertiary/aromatic N) is 2. The quantitative estimate of drug-likeness (QED) is 0.809. The Morgan fingerprint density at radius 1 is 1.38 bits per heavy atom. The van der Waals surface area contributed by atoms with Gasteiger partial charge >= 0.3 is 0 Å². The molecule has 6 heteroatoms. The van der Waals surface area contributed by atoms with E-state index in [0.717, 1.165) is 0 Å². The fourth-order valence-corrected chi connectivity index (χ4v) is 2.37. The summed E-state index contributed by atoms with van der Waals surface area (Å²) in [5.74, 6) is 0. The van der Waals surface area contributed by atoms with Gasteiger partial charge in [-0.3, -0.25) is 0 Å². The molecule has 5 nitrogen and oxygen atoms in total. The third kappa shape index (κ3) is 2.58. The van der Waals surface area contributed by atoms with E-state index in [1.54, 1.807) is 0 Å². The topological polar surface area (TPSA) is 87.2 Å². The molecule has 0 radical (unpaired) electrons. The molecule has 0 spiro atoms. The van der Waals surface area contributed by atoms with Crippen LogP contribution in [0.4, 0.5) is 0 Å². The van der Waals surface area contributed by atoms with Crippen LogP contribution in [0.1, 0.15) is 5.56 Å². The molecule has 0 saturated heterocycles. The van der Waals surface area contributed by atoms with E-state index in [0.29, 0.717) is 5.56 Å². The normalized spacial score (nSPS) is 11.4. The van der Waals surface area contributed by atoms with Gasteiger partial charge in [-0.1, -0.05) is 0 Å². The highest BCUT2D eigenvalue weighted by Gasteiger charge is 2.19. The third-order valence-corrected chi connectivity index (χ3v) is 4.01. The second kappa shape index (κ2) is 5.07. The first-order valence-electron chi connectivity index (χ1n) is 4.69. The van der Waals surface area contributed by atoms with Crippen molar-refractivity contribution in [2.45, 2.75) is 4.90 Å². The number of benzene rings is 1. The van der Waals surface area contributed by atoms with Crippen molar-refractivity contribution in [2.75, 3.05) is 20.1 Å². The highest BCUT2D eigenvalue weighted by molar-refractivity contribution is 7.89. The molecule has 0 saturated carbocycles. The molecule has 1 aromatic rings. The van der Waals surface area contributed by atoms with Crippen molar-refractivity contribution in [1.29, 1.82) is 5.26 Å². The van der Waals surface area contributed by atoms with Gasteiger partial charge in [0.15, 0.2) is 0 Å². The number of nitriles is 1. The van der Waals surface area contributed by atoms with Crippen molar-refractivity contribution in [3.63, 3.8) is 0 Å². The molecule has 1 rings (SSSR count). The first-order chi connectivity index (χ1) is 7.52. The lowest BCUT2D eigenvalue weighted by atomic mass is 10.2. The number of hydrogen-bond acceptors (Lipinski definition) is 4. The van der Waals surface area contributed by atoms with E-state index in [-0.39, 0.29) is 18.0 Å². The van der Waals surface area contributed by atoms with Crippen molar-refractivity contribution in [1.82, 2.24) is 4.31 Å².